The maximum absolute atomic E-state index is 11.8. The van der Waals surface area contributed by atoms with E-state index in [0.29, 0.717) is 13.0 Å². The van der Waals surface area contributed by atoms with Gasteiger partial charge in [0.05, 0.1) is 6.61 Å². The molecular formula is C18H28N2O2. The lowest BCUT2D eigenvalue weighted by molar-refractivity contribution is -0.121. The molecule has 1 amide bonds. The molecule has 0 radical (unpaired) electrons. The Morgan fingerprint density at radius 2 is 2.00 bits per heavy atom. The van der Waals surface area contributed by atoms with Gasteiger partial charge in [-0.25, -0.2) is 0 Å². The summed E-state index contributed by atoms with van der Waals surface area (Å²) < 4.78 is 5.58. The molecule has 1 heterocycles. The first-order valence-corrected chi connectivity index (χ1v) is 8.37. The van der Waals surface area contributed by atoms with Gasteiger partial charge in [0, 0.05) is 13.0 Å². The maximum Gasteiger partial charge on any atom is 0.220 e. The zero-order chi connectivity index (χ0) is 15.6. The largest absolute Gasteiger partial charge is 0.494 e. The molecule has 1 saturated heterocycles. The number of likely N-dealkylation sites (tertiary alicyclic amines) is 1. The molecule has 1 aromatic carbocycles. The number of carbonyl (C=O) groups is 1. The van der Waals surface area contributed by atoms with Crippen LogP contribution in [-0.2, 0) is 4.79 Å². The fraction of sp³-hybridized carbons (Fsp3) is 0.611. The van der Waals surface area contributed by atoms with E-state index in [4.69, 9.17) is 4.74 Å². The number of para-hydroxylation sites is 1. The first-order valence-electron chi connectivity index (χ1n) is 8.37. The molecule has 0 bridgehead atoms. The summed E-state index contributed by atoms with van der Waals surface area (Å²) in [4.78, 5) is 14.2. The summed E-state index contributed by atoms with van der Waals surface area (Å²) in [5.74, 6) is 1.78. The molecule has 1 aliphatic rings. The third-order valence-corrected chi connectivity index (χ3v) is 4.27. The zero-order valence-corrected chi connectivity index (χ0v) is 13.6. The molecule has 4 heteroatoms. The molecule has 1 N–H and O–H groups in total. The molecule has 0 aliphatic carbocycles. The van der Waals surface area contributed by atoms with E-state index in [2.05, 4.69) is 17.3 Å². The van der Waals surface area contributed by atoms with E-state index in [1.807, 2.05) is 30.3 Å². The minimum Gasteiger partial charge on any atom is -0.494 e. The van der Waals surface area contributed by atoms with Crippen LogP contribution in [0.2, 0.25) is 0 Å². The van der Waals surface area contributed by atoms with Crippen molar-refractivity contribution in [2.75, 3.05) is 33.3 Å². The predicted molar refractivity (Wildman–Crippen MR) is 89.0 cm³/mol. The fourth-order valence-corrected chi connectivity index (χ4v) is 2.79. The lowest BCUT2D eigenvalue weighted by atomic mass is 9.94. The van der Waals surface area contributed by atoms with Crippen LogP contribution in [0.1, 0.15) is 32.1 Å². The van der Waals surface area contributed by atoms with Gasteiger partial charge in [-0.15, -0.1) is 0 Å². The lowest BCUT2D eigenvalue weighted by Gasteiger charge is -2.28. The van der Waals surface area contributed by atoms with Crippen molar-refractivity contribution in [1.82, 2.24) is 10.2 Å². The Hall–Kier alpha value is -1.55. The van der Waals surface area contributed by atoms with Gasteiger partial charge in [-0.3, -0.25) is 4.79 Å². The Kier molecular flexibility index (Phi) is 7.23. The first kappa shape index (κ1) is 16.8. The van der Waals surface area contributed by atoms with E-state index in [1.54, 1.807) is 0 Å². The molecule has 1 aliphatic heterocycles. The molecule has 0 aromatic heterocycles. The van der Waals surface area contributed by atoms with Crippen molar-refractivity contribution in [2.45, 2.75) is 32.1 Å². The number of rotatable bonds is 8. The highest BCUT2D eigenvalue weighted by molar-refractivity contribution is 5.75. The summed E-state index contributed by atoms with van der Waals surface area (Å²) in [7, 11) is 2.18. The Labute approximate surface area is 133 Å². The summed E-state index contributed by atoms with van der Waals surface area (Å²) in [5, 5.41) is 3.03. The monoisotopic (exact) mass is 304 g/mol. The van der Waals surface area contributed by atoms with Crippen LogP contribution in [0.25, 0.3) is 0 Å². The summed E-state index contributed by atoms with van der Waals surface area (Å²) in [6.45, 7) is 3.78. The smallest absolute Gasteiger partial charge is 0.220 e. The van der Waals surface area contributed by atoms with Gasteiger partial charge in [0.25, 0.3) is 0 Å². The van der Waals surface area contributed by atoms with Crippen molar-refractivity contribution in [3.05, 3.63) is 30.3 Å². The second-order valence-electron chi connectivity index (χ2n) is 6.15. The van der Waals surface area contributed by atoms with Gasteiger partial charge < -0.3 is 15.0 Å². The summed E-state index contributed by atoms with van der Waals surface area (Å²) >= 11 is 0. The van der Waals surface area contributed by atoms with Gasteiger partial charge >= 0.3 is 0 Å². The fourth-order valence-electron chi connectivity index (χ4n) is 2.79. The van der Waals surface area contributed by atoms with Crippen molar-refractivity contribution in [3.8, 4) is 5.75 Å². The summed E-state index contributed by atoms with van der Waals surface area (Å²) in [5.41, 5.74) is 0. The molecule has 122 valence electrons. The average Bonchev–Trinajstić information content (AvgIpc) is 2.54. The van der Waals surface area contributed by atoms with E-state index < -0.39 is 0 Å². The van der Waals surface area contributed by atoms with Gasteiger partial charge in [0.2, 0.25) is 5.91 Å². The van der Waals surface area contributed by atoms with E-state index in [0.717, 1.165) is 31.1 Å². The SMILES string of the molecule is CN1CCC(CCNC(=O)CCCOc2ccccc2)CC1. The third kappa shape index (κ3) is 6.48. The molecule has 0 spiro atoms. The van der Waals surface area contributed by atoms with E-state index >= 15 is 0 Å². The molecule has 1 aromatic rings. The van der Waals surface area contributed by atoms with Crippen LogP contribution in [0.3, 0.4) is 0 Å². The summed E-state index contributed by atoms with van der Waals surface area (Å²) in [6, 6.07) is 9.73. The second-order valence-corrected chi connectivity index (χ2v) is 6.15. The third-order valence-electron chi connectivity index (χ3n) is 4.27. The quantitative estimate of drug-likeness (QED) is 0.751. The molecule has 0 saturated carbocycles. The number of hydrogen-bond acceptors (Lipinski definition) is 3. The van der Waals surface area contributed by atoms with Crippen molar-refractivity contribution in [3.63, 3.8) is 0 Å². The van der Waals surface area contributed by atoms with Gasteiger partial charge in [-0.1, -0.05) is 18.2 Å². The maximum atomic E-state index is 11.8. The Balaban J connectivity index is 1.47. The van der Waals surface area contributed by atoms with Gasteiger partial charge in [-0.2, -0.15) is 0 Å². The van der Waals surface area contributed by atoms with Crippen LogP contribution in [-0.4, -0.2) is 44.1 Å². The average molecular weight is 304 g/mol. The van der Waals surface area contributed by atoms with Crippen LogP contribution < -0.4 is 10.1 Å². The lowest BCUT2D eigenvalue weighted by Crippen LogP contribution is -2.32. The van der Waals surface area contributed by atoms with Gasteiger partial charge in [-0.05, 0) is 63.9 Å². The normalized spacial score (nSPS) is 16.4. The highest BCUT2D eigenvalue weighted by Gasteiger charge is 2.16. The molecule has 0 atom stereocenters. The van der Waals surface area contributed by atoms with Crippen LogP contribution in [0.15, 0.2) is 30.3 Å². The van der Waals surface area contributed by atoms with Crippen LogP contribution in [0.5, 0.6) is 5.75 Å². The number of piperidine rings is 1. The number of nitrogens with zero attached hydrogens (tertiary/aromatic N) is 1. The Morgan fingerprint density at radius 3 is 2.73 bits per heavy atom. The van der Waals surface area contributed by atoms with Gasteiger partial charge in [0.15, 0.2) is 0 Å². The van der Waals surface area contributed by atoms with E-state index in [1.165, 1.54) is 25.9 Å². The van der Waals surface area contributed by atoms with Crippen LogP contribution in [0.4, 0.5) is 0 Å². The van der Waals surface area contributed by atoms with Crippen LogP contribution >= 0.6 is 0 Å². The highest BCUT2D eigenvalue weighted by atomic mass is 16.5. The molecule has 4 nitrogen and oxygen atoms in total. The first-order chi connectivity index (χ1) is 10.7. The number of benzene rings is 1. The van der Waals surface area contributed by atoms with E-state index in [9.17, 15) is 4.79 Å². The Bertz CT molecular complexity index is 428. The zero-order valence-electron chi connectivity index (χ0n) is 13.6. The number of hydrogen-bond donors (Lipinski definition) is 1. The molecule has 22 heavy (non-hydrogen) atoms. The Morgan fingerprint density at radius 1 is 1.27 bits per heavy atom. The minimum absolute atomic E-state index is 0.143. The second kappa shape index (κ2) is 9.46. The molecule has 0 unspecified atom stereocenters. The number of nitrogens with one attached hydrogen (secondary N) is 1. The standard InChI is InChI=1S/C18H28N2O2/c1-20-13-10-16(11-14-20)9-12-19-18(21)8-5-15-22-17-6-3-2-4-7-17/h2-4,6-7,16H,5,8-15H2,1H3,(H,19,21). The van der Waals surface area contributed by atoms with Crippen molar-refractivity contribution in [1.29, 1.82) is 0 Å². The van der Waals surface area contributed by atoms with E-state index in [-0.39, 0.29) is 5.91 Å². The molecular weight excluding hydrogens is 276 g/mol. The van der Waals surface area contributed by atoms with Crippen molar-refractivity contribution < 1.29 is 9.53 Å². The van der Waals surface area contributed by atoms with Crippen LogP contribution in [0, 0.1) is 5.92 Å². The topological polar surface area (TPSA) is 41.6 Å². The molecule has 2 rings (SSSR count). The summed E-state index contributed by atoms with van der Waals surface area (Å²) in [6.07, 6.45) is 4.93. The number of carbonyl (C=O) groups excluding carboxylic acids is 1. The highest BCUT2D eigenvalue weighted by Crippen LogP contribution is 2.18. The van der Waals surface area contributed by atoms with Crippen molar-refractivity contribution in [2.24, 2.45) is 5.92 Å². The minimum atomic E-state index is 0.143. The van der Waals surface area contributed by atoms with Gasteiger partial charge in [0.1, 0.15) is 5.75 Å². The van der Waals surface area contributed by atoms with Crippen molar-refractivity contribution >= 4 is 5.91 Å². The number of amides is 1. The molecule has 1 fully saturated rings. The predicted octanol–water partition coefficient (Wildman–Crippen LogP) is 2.69. The number of ether oxygens (including phenoxy) is 1.